The number of nitrogens with zero attached hydrogens (tertiary/aromatic N) is 3. The third kappa shape index (κ3) is 7.79. The molecule has 0 amide bonds. The van der Waals surface area contributed by atoms with E-state index < -0.39 is 12.8 Å². The Morgan fingerprint density at radius 1 is 1.26 bits per heavy atom. The van der Waals surface area contributed by atoms with E-state index in [4.69, 9.17) is 21.1 Å². The third-order valence-electron chi connectivity index (χ3n) is 5.81. The largest absolute Gasteiger partial charge is 0.495 e. The SMILES string of the molecule is C[C@H](CCl)COc1ccc(C(C)(C)C2=CC=C(OC[C@@H](O)Cn3cc(C[18F])nn3)CC=C2)cc1I. The number of rotatable bonds is 12. The van der Waals surface area contributed by atoms with Crippen molar-refractivity contribution in [2.45, 2.75) is 51.9 Å². The number of aliphatic hydroxyl groups is 1. The number of allylic oxidation sites excluding steroid dienone is 5. The van der Waals surface area contributed by atoms with Crippen LogP contribution in [0.2, 0.25) is 0 Å². The van der Waals surface area contributed by atoms with Crippen molar-refractivity contribution in [3.63, 3.8) is 0 Å². The molecule has 190 valence electrons. The van der Waals surface area contributed by atoms with Crippen LogP contribution in [0.5, 0.6) is 5.75 Å². The van der Waals surface area contributed by atoms with Gasteiger partial charge in [0.25, 0.3) is 0 Å². The van der Waals surface area contributed by atoms with E-state index in [-0.39, 0.29) is 24.3 Å². The molecule has 1 aliphatic carbocycles. The molecule has 0 aliphatic heterocycles. The van der Waals surface area contributed by atoms with Gasteiger partial charge in [-0.25, -0.2) is 9.07 Å². The number of alkyl halides is 2. The highest BCUT2D eigenvalue weighted by Gasteiger charge is 2.25. The number of aliphatic hydroxyl groups excluding tert-OH is 1. The molecule has 6 nitrogen and oxygen atoms in total. The highest BCUT2D eigenvalue weighted by atomic mass is 127. The van der Waals surface area contributed by atoms with Gasteiger partial charge in [-0.15, -0.1) is 16.7 Å². The van der Waals surface area contributed by atoms with Crippen LogP contribution in [0.3, 0.4) is 0 Å². The highest BCUT2D eigenvalue weighted by molar-refractivity contribution is 14.1. The molecule has 1 N–H and O–H groups in total. The molecule has 0 saturated heterocycles. The van der Waals surface area contributed by atoms with E-state index in [2.05, 4.69) is 84.0 Å². The van der Waals surface area contributed by atoms with E-state index in [0.717, 1.165) is 20.7 Å². The van der Waals surface area contributed by atoms with Crippen molar-refractivity contribution >= 4 is 34.2 Å². The molecule has 2 aromatic rings. The summed E-state index contributed by atoms with van der Waals surface area (Å²) in [6.45, 7) is 6.66. The van der Waals surface area contributed by atoms with Crippen molar-refractivity contribution in [1.29, 1.82) is 0 Å². The topological polar surface area (TPSA) is 69.4 Å². The zero-order valence-electron chi connectivity index (χ0n) is 20.3. The minimum absolute atomic E-state index is 0.110. The average molecular weight is 615 g/mol. The van der Waals surface area contributed by atoms with Gasteiger partial charge in [-0.05, 0) is 51.9 Å². The molecule has 1 aromatic heterocycles. The maximum atomic E-state index is 12.6. The lowest BCUT2D eigenvalue weighted by Gasteiger charge is -2.27. The molecule has 3 rings (SSSR count). The summed E-state index contributed by atoms with van der Waals surface area (Å²) < 4.78 is 26.9. The average Bonchev–Trinajstić information content (AvgIpc) is 3.15. The maximum absolute atomic E-state index is 12.6. The van der Waals surface area contributed by atoms with E-state index in [1.165, 1.54) is 16.4 Å². The van der Waals surface area contributed by atoms with Gasteiger partial charge < -0.3 is 14.6 Å². The molecule has 9 heteroatoms. The lowest BCUT2D eigenvalue weighted by atomic mass is 9.77. The Labute approximate surface area is 225 Å². The molecule has 0 saturated carbocycles. The number of halogens is 3. The Bertz CT molecular complexity index is 1080. The van der Waals surface area contributed by atoms with Gasteiger partial charge in [0.1, 0.15) is 30.8 Å². The molecule has 0 fully saturated rings. The number of ether oxygens (including phenoxy) is 2. The lowest BCUT2D eigenvalue weighted by molar-refractivity contribution is 0.0559. The van der Waals surface area contributed by atoms with E-state index in [0.29, 0.717) is 24.8 Å². The molecule has 2 atom stereocenters. The van der Waals surface area contributed by atoms with Crippen molar-refractivity contribution < 1.29 is 19.0 Å². The first-order valence-electron chi connectivity index (χ1n) is 11.6. The second-order valence-corrected chi connectivity index (χ2v) is 10.7. The Hall–Kier alpha value is -1.91. The molecular formula is C26H32ClFIN3O3. The molecule has 0 bridgehead atoms. The zero-order chi connectivity index (χ0) is 25.4. The van der Waals surface area contributed by atoms with Crippen molar-refractivity contribution in [3.05, 3.63) is 74.9 Å². The van der Waals surface area contributed by atoms with Crippen LogP contribution in [0.4, 0.5) is 4.39 Å². The van der Waals surface area contributed by atoms with Gasteiger partial charge in [0, 0.05) is 23.6 Å². The van der Waals surface area contributed by atoms with Crippen molar-refractivity contribution in [3.8, 4) is 5.75 Å². The van der Waals surface area contributed by atoms with Crippen LogP contribution in [0.1, 0.15) is 38.4 Å². The van der Waals surface area contributed by atoms with Gasteiger partial charge in [-0.2, -0.15) is 0 Å². The minimum atomic E-state index is -0.785. The number of aromatic nitrogens is 3. The fraction of sp³-hybridized carbons (Fsp3) is 0.462. The second kappa shape index (κ2) is 12.9. The standard InChI is InChI=1S/C26H32ClFIN3O3/c1-18(12-27)16-35-25-10-8-20(11-24(25)29)26(2,3)19-5-4-6-23(9-7-19)34-17-22(33)15-32-14-21(13-28)30-31-32/h4-5,7-11,14,18,22,33H,6,12-13,15-17H2,1-3H3/t18-,22+/m1/s1/i28-1. The summed E-state index contributed by atoms with van der Waals surface area (Å²) in [5.74, 6) is 2.50. The number of benzene rings is 1. The van der Waals surface area contributed by atoms with Gasteiger partial charge in [0.05, 0.1) is 28.7 Å². The second-order valence-electron chi connectivity index (χ2n) is 9.23. The number of hydrogen-bond donors (Lipinski definition) is 1. The van der Waals surface area contributed by atoms with Crippen LogP contribution in [0.15, 0.2) is 60.0 Å². The van der Waals surface area contributed by atoms with Crippen LogP contribution >= 0.6 is 34.2 Å². The zero-order valence-corrected chi connectivity index (χ0v) is 23.2. The summed E-state index contributed by atoms with van der Waals surface area (Å²) in [5.41, 5.74) is 2.35. The normalized spacial score (nSPS) is 15.7. The quantitative estimate of drug-likeness (QED) is 0.244. The summed E-state index contributed by atoms with van der Waals surface area (Å²) in [6.07, 6.45) is 9.53. The van der Waals surface area contributed by atoms with E-state index in [9.17, 15) is 9.50 Å². The fourth-order valence-corrected chi connectivity index (χ4v) is 4.30. The van der Waals surface area contributed by atoms with E-state index >= 15 is 0 Å². The maximum Gasteiger partial charge on any atom is 0.135 e. The molecular weight excluding hydrogens is 583 g/mol. The van der Waals surface area contributed by atoms with E-state index in [1.807, 2.05) is 12.1 Å². The molecule has 0 spiro atoms. The first-order chi connectivity index (χ1) is 16.7. The molecule has 0 radical (unpaired) electrons. The summed E-state index contributed by atoms with van der Waals surface area (Å²) in [7, 11) is 0. The smallest absolute Gasteiger partial charge is 0.135 e. The first kappa shape index (κ1) is 27.7. The number of hydrogen-bond acceptors (Lipinski definition) is 5. The molecule has 1 heterocycles. The Morgan fingerprint density at radius 2 is 2.06 bits per heavy atom. The van der Waals surface area contributed by atoms with Crippen LogP contribution in [0, 0.1) is 9.49 Å². The predicted molar refractivity (Wildman–Crippen MR) is 144 cm³/mol. The Balaban J connectivity index is 1.63. The van der Waals surface area contributed by atoms with Crippen molar-refractivity contribution in [2.24, 2.45) is 5.92 Å². The Kier molecular flexibility index (Phi) is 10.2. The first-order valence-corrected chi connectivity index (χ1v) is 13.2. The fourth-order valence-electron chi connectivity index (χ4n) is 3.54. The monoisotopic (exact) mass is 614 g/mol. The van der Waals surface area contributed by atoms with Crippen molar-refractivity contribution in [1.82, 2.24) is 15.0 Å². The van der Waals surface area contributed by atoms with Gasteiger partial charge >= 0.3 is 0 Å². The predicted octanol–water partition coefficient (Wildman–Crippen LogP) is 5.73. The van der Waals surface area contributed by atoms with Crippen LogP contribution < -0.4 is 4.74 Å². The van der Waals surface area contributed by atoms with Gasteiger partial charge in [-0.3, -0.25) is 0 Å². The Morgan fingerprint density at radius 3 is 2.74 bits per heavy atom. The summed E-state index contributed by atoms with van der Waals surface area (Å²) in [5, 5.41) is 17.7. The molecule has 1 aliphatic rings. The van der Waals surface area contributed by atoms with Crippen LogP contribution in [0.25, 0.3) is 0 Å². The summed E-state index contributed by atoms with van der Waals surface area (Å²) in [6, 6.07) is 6.30. The van der Waals surface area contributed by atoms with Crippen molar-refractivity contribution in [2.75, 3.05) is 19.1 Å². The molecule has 35 heavy (non-hydrogen) atoms. The van der Waals surface area contributed by atoms with Gasteiger partial charge in [0.2, 0.25) is 0 Å². The summed E-state index contributed by atoms with van der Waals surface area (Å²) >= 11 is 8.20. The van der Waals surface area contributed by atoms with Gasteiger partial charge in [0.15, 0.2) is 0 Å². The highest BCUT2D eigenvalue weighted by Crippen LogP contribution is 2.36. The molecule has 0 unspecified atom stereocenters. The lowest BCUT2D eigenvalue weighted by Crippen LogP contribution is -2.22. The third-order valence-corrected chi connectivity index (χ3v) is 7.18. The van der Waals surface area contributed by atoms with Crippen LogP contribution in [-0.2, 0) is 23.4 Å². The molecule has 1 aromatic carbocycles. The van der Waals surface area contributed by atoms with E-state index in [1.54, 1.807) is 0 Å². The van der Waals surface area contributed by atoms with Crippen LogP contribution in [-0.4, -0.2) is 45.3 Å². The minimum Gasteiger partial charge on any atom is -0.495 e. The summed E-state index contributed by atoms with van der Waals surface area (Å²) in [4.78, 5) is 0. The van der Waals surface area contributed by atoms with Gasteiger partial charge in [-0.1, -0.05) is 50.3 Å².